The molecular formula is C20H18N6S. The van der Waals surface area contributed by atoms with E-state index in [1.54, 1.807) is 30.2 Å². The van der Waals surface area contributed by atoms with Crippen LogP contribution in [0.2, 0.25) is 0 Å². The van der Waals surface area contributed by atoms with Gasteiger partial charge < -0.3 is 5.32 Å². The molecule has 3 aromatic heterocycles. The number of aryl methyl sites for hydroxylation is 1. The Kier molecular flexibility index (Phi) is 4.90. The van der Waals surface area contributed by atoms with E-state index in [9.17, 15) is 5.26 Å². The van der Waals surface area contributed by atoms with E-state index in [0.717, 1.165) is 46.0 Å². The molecule has 0 fully saturated rings. The number of nitrogens with one attached hydrogen (secondary N) is 1. The smallest absolute Gasteiger partial charge is 0.222 e. The Hall–Kier alpha value is -3.11. The third kappa shape index (κ3) is 3.44. The van der Waals surface area contributed by atoms with Crippen LogP contribution in [0.4, 0.5) is 5.95 Å². The van der Waals surface area contributed by atoms with Gasteiger partial charge in [0.2, 0.25) is 5.95 Å². The molecule has 0 aliphatic heterocycles. The molecule has 6 nitrogen and oxygen atoms in total. The van der Waals surface area contributed by atoms with E-state index >= 15 is 0 Å². The van der Waals surface area contributed by atoms with Crippen LogP contribution in [-0.2, 0) is 0 Å². The number of anilines is 1. The number of rotatable bonds is 6. The second-order valence-electron chi connectivity index (χ2n) is 6.11. The molecule has 0 aliphatic rings. The van der Waals surface area contributed by atoms with E-state index in [2.05, 4.69) is 36.8 Å². The zero-order valence-electron chi connectivity index (χ0n) is 14.9. The van der Waals surface area contributed by atoms with Gasteiger partial charge in [-0.3, -0.25) is 4.40 Å². The summed E-state index contributed by atoms with van der Waals surface area (Å²) in [5.41, 5.74) is 4.26. The van der Waals surface area contributed by atoms with E-state index in [4.69, 9.17) is 0 Å². The van der Waals surface area contributed by atoms with Gasteiger partial charge in [0.25, 0.3) is 0 Å². The number of para-hydroxylation sites is 2. The van der Waals surface area contributed by atoms with Crippen LogP contribution in [-0.4, -0.2) is 31.7 Å². The normalized spacial score (nSPS) is 11.0. The molecule has 0 saturated heterocycles. The minimum absolute atomic E-state index is 0.637. The van der Waals surface area contributed by atoms with Crippen molar-refractivity contribution in [3.8, 4) is 6.07 Å². The second-order valence-corrected chi connectivity index (χ2v) is 7.23. The Bertz CT molecular complexity index is 1130. The van der Waals surface area contributed by atoms with E-state index < -0.39 is 0 Å². The molecular weight excluding hydrogens is 356 g/mol. The fourth-order valence-corrected chi connectivity index (χ4v) is 4.07. The molecule has 0 bridgehead atoms. The molecule has 27 heavy (non-hydrogen) atoms. The first kappa shape index (κ1) is 17.3. The van der Waals surface area contributed by atoms with Crippen molar-refractivity contribution >= 4 is 34.4 Å². The lowest BCUT2D eigenvalue weighted by molar-refractivity contribution is 0.955. The van der Waals surface area contributed by atoms with Crippen molar-refractivity contribution in [2.24, 2.45) is 0 Å². The summed E-state index contributed by atoms with van der Waals surface area (Å²) in [6.07, 6.45) is 4.42. The van der Waals surface area contributed by atoms with Crippen LogP contribution in [0, 0.1) is 18.3 Å². The first-order valence-electron chi connectivity index (χ1n) is 8.72. The predicted octanol–water partition coefficient (Wildman–Crippen LogP) is 4.05. The van der Waals surface area contributed by atoms with Crippen LogP contribution in [0.5, 0.6) is 0 Å². The Morgan fingerprint density at radius 1 is 1.19 bits per heavy atom. The van der Waals surface area contributed by atoms with Crippen molar-refractivity contribution < 1.29 is 0 Å². The average molecular weight is 374 g/mol. The second kappa shape index (κ2) is 7.64. The number of nitrogens with zero attached hydrogens (tertiary/aromatic N) is 5. The SMILES string of the molecule is Cc1cc(SCCCNc2ncccn2)n2c(nc3ccccc32)c1C#N. The maximum absolute atomic E-state index is 9.56. The van der Waals surface area contributed by atoms with Gasteiger partial charge in [-0.2, -0.15) is 5.26 Å². The topological polar surface area (TPSA) is 78.9 Å². The van der Waals surface area contributed by atoms with Crippen LogP contribution in [0.1, 0.15) is 17.5 Å². The van der Waals surface area contributed by atoms with Crippen molar-refractivity contribution in [3.05, 3.63) is 59.9 Å². The Morgan fingerprint density at radius 2 is 2.00 bits per heavy atom. The molecule has 134 valence electrons. The number of fused-ring (bicyclic) bond motifs is 3. The van der Waals surface area contributed by atoms with Gasteiger partial charge in [-0.05, 0) is 43.2 Å². The Labute approximate surface area is 161 Å². The highest BCUT2D eigenvalue weighted by atomic mass is 32.2. The van der Waals surface area contributed by atoms with Gasteiger partial charge in [-0.15, -0.1) is 11.8 Å². The summed E-state index contributed by atoms with van der Waals surface area (Å²) < 4.78 is 2.10. The summed E-state index contributed by atoms with van der Waals surface area (Å²) in [6, 6.07) is 14.2. The lowest BCUT2D eigenvalue weighted by Gasteiger charge is -2.10. The maximum Gasteiger partial charge on any atom is 0.222 e. The highest BCUT2D eigenvalue weighted by Gasteiger charge is 2.15. The summed E-state index contributed by atoms with van der Waals surface area (Å²) >= 11 is 1.77. The molecule has 3 heterocycles. The maximum atomic E-state index is 9.56. The average Bonchev–Trinajstić information content (AvgIpc) is 3.08. The zero-order valence-corrected chi connectivity index (χ0v) is 15.7. The molecule has 0 aliphatic carbocycles. The largest absolute Gasteiger partial charge is 0.354 e. The van der Waals surface area contributed by atoms with Gasteiger partial charge in [0.1, 0.15) is 6.07 Å². The minimum Gasteiger partial charge on any atom is -0.354 e. The molecule has 0 radical (unpaired) electrons. The molecule has 4 aromatic rings. The van der Waals surface area contributed by atoms with Crippen molar-refractivity contribution in [2.45, 2.75) is 18.4 Å². The number of imidazole rings is 1. The van der Waals surface area contributed by atoms with Crippen LogP contribution < -0.4 is 5.32 Å². The first-order valence-corrected chi connectivity index (χ1v) is 9.71. The highest BCUT2D eigenvalue weighted by Crippen LogP contribution is 2.29. The molecule has 0 saturated carbocycles. The van der Waals surface area contributed by atoms with Gasteiger partial charge in [-0.25, -0.2) is 15.0 Å². The van der Waals surface area contributed by atoms with Crippen LogP contribution in [0.15, 0.2) is 53.8 Å². The number of nitriles is 1. The van der Waals surface area contributed by atoms with Crippen molar-refractivity contribution in [2.75, 3.05) is 17.6 Å². The quantitative estimate of drug-likeness (QED) is 0.405. The number of aromatic nitrogens is 4. The Morgan fingerprint density at radius 3 is 2.81 bits per heavy atom. The molecule has 1 N–H and O–H groups in total. The third-order valence-electron chi connectivity index (χ3n) is 4.27. The summed E-state index contributed by atoms with van der Waals surface area (Å²) in [4.78, 5) is 13.0. The first-order chi connectivity index (χ1) is 13.3. The standard InChI is InChI=1S/C20H18N6S/c1-14-12-18(27-11-5-10-24-20-22-8-4-9-23-20)26-17-7-3-2-6-16(17)25-19(26)15(14)13-21/h2-4,6-9,12H,5,10-11H2,1H3,(H,22,23,24). The zero-order chi connectivity index (χ0) is 18.6. The van der Waals surface area contributed by atoms with Crippen molar-refractivity contribution in [3.63, 3.8) is 0 Å². The van der Waals surface area contributed by atoms with Gasteiger partial charge in [0.05, 0.1) is 21.6 Å². The molecule has 0 spiro atoms. The van der Waals surface area contributed by atoms with Gasteiger partial charge in [0.15, 0.2) is 5.65 Å². The van der Waals surface area contributed by atoms with E-state index in [-0.39, 0.29) is 0 Å². The predicted molar refractivity (Wildman–Crippen MR) is 108 cm³/mol. The van der Waals surface area contributed by atoms with Gasteiger partial charge in [0, 0.05) is 24.7 Å². The Balaban J connectivity index is 1.55. The summed E-state index contributed by atoms with van der Waals surface area (Å²) in [6.45, 7) is 2.77. The van der Waals surface area contributed by atoms with E-state index in [0.29, 0.717) is 11.5 Å². The number of hydrogen-bond donors (Lipinski definition) is 1. The fraction of sp³-hybridized carbons (Fsp3) is 0.200. The number of thioether (sulfide) groups is 1. The molecule has 7 heteroatoms. The highest BCUT2D eigenvalue weighted by molar-refractivity contribution is 7.99. The summed E-state index contributed by atoms with van der Waals surface area (Å²) in [7, 11) is 0. The molecule has 0 amide bonds. The molecule has 1 aromatic carbocycles. The van der Waals surface area contributed by atoms with E-state index in [1.807, 2.05) is 31.2 Å². The lowest BCUT2D eigenvalue weighted by atomic mass is 10.2. The number of pyridine rings is 1. The van der Waals surface area contributed by atoms with E-state index in [1.165, 1.54) is 0 Å². The molecule has 0 atom stereocenters. The fourth-order valence-electron chi connectivity index (χ4n) is 3.00. The summed E-state index contributed by atoms with van der Waals surface area (Å²) in [5, 5.41) is 13.9. The van der Waals surface area contributed by atoms with Crippen molar-refractivity contribution in [1.29, 1.82) is 5.26 Å². The molecule has 0 unspecified atom stereocenters. The van der Waals surface area contributed by atoms with Crippen LogP contribution in [0.25, 0.3) is 16.7 Å². The third-order valence-corrected chi connectivity index (χ3v) is 5.36. The van der Waals surface area contributed by atoms with Crippen LogP contribution >= 0.6 is 11.8 Å². The van der Waals surface area contributed by atoms with Crippen LogP contribution in [0.3, 0.4) is 0 Å². The lowest BCUT2D eigenvalue weighted by Crippen LogP contribution is -2.06. The van der Waals surface area contributed by atoms with Gasteiger partial charge in [-0.1, -0.05) is 12.1 Å². The monoisotopic (exact) mass is 374 g/mol. The summed E-state index contributed by atoms with van der Waals surface area (Å²) in [5.74, 6) is 1.59. The number of benzene rings is 1. The minimum atomic E-state index is 0.637. The number of hydrogen-bond acceptors (Lipinski definition) is 6. The molecule has 4 rings (SSSR count). The van der Waals surface area contributed by atoms with Gasteiger partial charge >= 0.3 is 0 Å². The van der Waals surface area contributed by atoms with Crippen molar-refractivity contribution in [1.82, 2.24) is 19.4 Å².